The standard InChI is InChI=1S/C15H30N2O.ClH/c1-13(2)11-15(8-4-5-9-15)12-17-14(18)7-6-10-16-3;/h13,16H,4-12H2,1-3H3,(H,17,18);1H. The fourth-order valence-electron chi connectivity index (χ4n) is 3.24. The van der Waals surface area contributed by atoms with E-state index in [2.05, 4.69) is 24.5 Å². The van der Waals surface area contributed by atoms with Crippen LogP contribution in [0.4, 0.5) is 0 Å². The molecule has 1 aliphatic carbocycles. The Kier molecular flexibility index (Phi) is 9.46. The van der Waals surface area contributed by atoms with E-state index >= 15 is 0 Å². The van der Waals surface area contributed by atoms with Gasteiger partial charge in [0.05, 0.1) is 0 Å². The highest BCUT2D eigenvalue weighted by molar-refractivity contribution is 5.85. The summed E-state index contributed by atoms with van der Waals surface area (Å²) in [6, 6.07) is 0. The van der Waals surface area contributed by atoms with Gasteiger partial charge in [0.2, 0.25) is 5.91 Å². The number of hydrogen-bond acceptors (Lipinski definition) is 2. The molecule has 1 saturated carbocycles. The van der Waals surface area contributed by atoms with E-state index in [1.54, 1.807) is 0 Å². The van der Waals surface area contributed by atoms with Crippen LogP contribution in [0.3, 0.4) is 0 Å². The molecule has 1 rings (SSSR count). The molecule has 0 aromatic heterocycles. The number of halogens is 1. The van der Waals surface area contributed by atoms with Crippen molar-refractivity contribution in [2.24, 2.45) is 11.3 Å². The van der Waals surface area contributed by atoms with Crippen LogP contribution < -0.4 is 10.6 Å². The van der Waals surface area contributed by atoms with Crippen LogP contribution in [-0.4, -0.2) is 26.0 Å². The lowest BCUT2D eigenvalue weighted by molar-refractivity contribution is -0.121. The Labute approximate surface area is 124 Å². The molecule has 1 fully saturated rings. The van der Waals surface area contributed by atoms with Gasteiger partial charge in [-0.05, 0) is 50.6 Å². The first kappa shape index (κ1) is 18.7. The molecule has 114 valence electrons. The molecule has 1 aliphatic rings. The predicted octanol–water partition coefficient (Wildman–Crippen LogP) is 3.13. The van der Waals surface area contributed by atoms with E-state index in [1.165, 1.54) is 32.1 Å². The average molecular weight is 291 g/mol. The number of nitrogens with one attached hydrogen (secondary N) is 2. The Morgan fingerprint density at radius 2 is 1.89 bits per heavy atom. The van der Waals surface area contributed by atoms with E-state index in [1.807, 2.05) is 7.05 Å². The van der Waals surface area contributed by atoms with Gasteiger partial charge in [0.25, 0.3) is 0 Å². The molecule has 0 aliphatic heterocycles. The van der Waals surface area contributed by atoms with Gasteiger partial charge in [-0.1, -0.05) is 26.7 Å². The van der Waals surface area contributed by atoms with Crippen LogP contribution in [0.2, 0.25) is 0 Å². The Hall–Kier alpha value is -0.280. The maximum Gasteiger partial charge on any atom is 0.220 e. The Balaban J connectivity index is 0.00000324. The third-order valence-corrected chi connectivity index (χ3v) is 4.00. The smallest absolute Gasteiger partial charge is 0.220 e. The van der Waals surface area contributed by atoms with E-state index in [9.17, 15) is 4.79 Å². The van der Waals surface area contributed by atoms with Crippen LogP contribution in [0.5, 0.6) is 0 Å². The van der Waals surface area contributed by atoms with Crippen molar-refractivity contribution in [2.75, 3.05) is 20.1 Å². The van der Waals surface area contributed by atoms with Crippen LogP contribution in [-0.2, 0) is 4.79 Å². The highest BCUT2D eigenvalue weighted by Gasteiger charge is 2.34. The number of hydrogen-bond donors (Lipinski definition) is 2. The van der Waals surface area contributed by atoms with E-state index in [0.29, 0.717) is 11.8 Å². The van der Waals surface area contributed by atoms with E-state index in [-0.39, 0.29) is 18.3 Å². The fraction of sp³-hybridized carbons (Fsp3) is 0.933. The first-order valence-corrected chi connectivity index (χ1v) is 7.49. The summed E-state index contributed by atoms with van der Waals surface area (Å²) in [5, 5.41) is 6.24. The predicted molar refractivity (Wildman–Crippen MR) is 83.8 cm³/mol. The van der Waals surface area contributed by atoms with Crippen LogP contribution in [0.25, 0.3) is 0 Å². The lowest BCUT2D eigenvalue weighted by Gasteiger charge is -2.31. The minimum Gasteiger partial charge on any atom is -0.356 e. The Morgan fingerprint density at radius 3 is 2.42 bits per heavy atom. The van der Waals surface area contributed by atoms with Crippen molar-refractivity contribution < 1.29 is 4.79 Å². The molecule has 0 bridgehead atoms. The summed E-state index contributed by atoms with van der Waals surface area (Å²) in [4.78, 5) is 11.8. The highest BCUT2D eigenvalue weighted by atomic mass is 35.5. The first-order valence-electron chi connectivity index (χ1n) is 7.49. The Morgan fingerprint density at radius 1 is 1.26 bits per heavy atom. The molecule has 2 N–H and O–H groups in total. The van der Waals surface area contributed by atoms with Gasteiger partial charge in [-0.15, -0.1) is 12.4 Å². The summed E-state index contributed by atoms with van der Waals surface area (Å²) >= 11 is 0. The van der Waals surface area contributed by atoms with Gasteiger partial charge in [-0.3, -0.25) is 4.79 Å². The third kappa shape index (κ3) is 7.17. The third-order valence-electron chi connectivity index (χ3n) is 4.00. The summed E-state index contributed by atoms with van der Waals surface area (Å²) in [5.41, 5.74) is 0.396. The second-order valence-electron chi connectivity index (χ2n) is 6.29. The van der Waals surface area contributed by atoms with Crippen molar-refractivity contribution in [3.63, 3.8) is 0 Å². The quantitative estimate of drug-likeness (QED) is 0.674. The van der Waals surface area contributed by atoms with Gasteiger partial charge in [0, 0.05) is 13.0 Å². The van der Waals surface area contributed by atoms with Gasteiger partial charge < -0.3 is 10.6 Å². The SMILES string of the molecule is CNCCCC(=O)NCC1(CC(C)C)CCCC1.Cl. The zero-order valence-corrected chi connectivity index (χ0v) is 13.6. The Bertz CT molecular complexity index is 251. The largest absolute Gasteiger partial charge is 0.356 e. The minimum absolute atomic E-state index is 0. The van der Waals surface area contributed by atoms with Crippen LogP contribution in [0.1, 0.15) is 58.8 Å². The van der Waals surface area contributed by atoms with Gasteiger partial charge in [0.15, 0.2) is 0 Å². The lowest BCUT2D eigenvalue weighted by atomic mass is 9.78. The molecule has 0 heterocycles. The van der Waals surface area contributed by atoms with Crippen molar-refractivity contribution in [3.05, 3.63) is 0 Å². The van der Waals surface area contributed by atoms with Crippen molar-refractivity contribution in [2.45, 2.75) is 58.8 Å². The molecule has 0 radical (unpaired) electrons. The zero-order valence-electron chi connectivity index (χ0n) is 12.8. The number of carbonyl (C=O) groups is 1. The highest BCUT2D eigenvalue weighted by Crippen LogP contribution is 2.42. The zero-order chi connectivity index (χ0) is 13.4. The lowest BCUT2D eigenvalue weighted by Crippen LogP contribution is -2.37. The molecule has 0 saturated heterocycles. The molecule has 0 spiro atoms. The summed E-state index contributed by atoms with van der Waals surface area (Å²) in [6.07, 6.45) is 8.09. The summed E-state index contributed by atoms with van der Waals surface area (Å²) in [5.74, 6) is 0.949. The molecular formula is C15H31ClN2O. The van der Waals surface area contributed by atoms with Crippen molar-refractivity contribution in [1.82, 2.24) is 10.6 Å². The number of amides is 1. The van der Waals surface area contributed by atoms with Crippen LogP contribution in [0.15, 0.2) is 0 Å². The summed E-state index contributed by atoms with van der Waals surface area (Å²) in [7, 11) is 1.92. The molecule has 0 unspecified atom stereocenters. The van der Waals surface area contributed by atoms with Gasteiger partial charge in [-0.2, -0.15) is 0 Å². The van der Waals surface area contributed by atoms with Gasteiger partial charge >= 0.3 is 0 Å². The van der Waals surface area contributed by atoms with Gasteiger partial charge in [-0.25, -0.2) is 0 Å². The monoisotopic (exact) mass is 290 g/mol. The maximum atomic E-state index is 11.8. The van der Waals surface area contributed by atoms with E-state index in [4.69, 9.17) is 0 Å². The van der Waals surface area contributed by atoms with Crippen molar-refractivity contribution in [1.29, 1.82) is 0 Å². The van der Waals surface area contributed by atoms with Crippen LogP contribution >= 0.6 is 12.4 Å². The molecule has 0 atom stereocenters. The molecule has 4 heteroatoms. The molecule has 3 nitrogen and oxygen atoms in total. The van der Waals surface area contributed by atoms with Crippen molar-refractivity contribution in [3.8, 4) is 0 Å². The van der Waals surface area contributed by atoms with Crippen molar-refractivity contribution >= 4 is 18.3 Å². The first-order chi connectivity index (χ1) is 8.58. The molecule has 1 amide bonds. The number of rotatable bonds is 8. The molecular weight excluding hydrogens is 260 g/mol. The molecule has 19 heavy (non-hydrogen) atoms. The van der Waals surface area contributed by atoms with Gasteiger partial charge in [0.1, 0.15) is 0 Å². The number of carbonyl (C=O) groups excluding carboxylic acids is 1. The summed E-state index contributed by atoms with van der Waals surface area (Å²) in [6.45, 7) is 6.39. The minimum atomic E-state index is 0. The fourth-order valence-corrected chi connectivity index (χ4v) is 3.24. The van der Waals surface area contributed by atoms with E-state index in [0.717, 1.165) is 25.4 Å². The normalized spacial score (nSPS) is 17.3. The molecule has 0 aromatic rings. The molecule has 0 aromatic carbocycles. The second-order valence-corrected chi connectivity index (χ2v) is 6.29. The van der Waals surface area contributed by atoms with Crippen LogP contribution in [0, 0.1) is 11.3 Å². The van der Waals surface area contributed by atoms with E-state index < -0.39 is 0 Å². The average Bonchev–Trinajstić information content (AvgIpc) is 2.75. The topological polar surface area (TPSA) is 41.1 Å². The maximum absolute atomic E-state index is 11.8. The summed E-state index contributed by atoms with van der Waals surface area (Å²) < 4.78 is 0. The second kappa shape index (κ2) is 9.60.